The zero-order valence-corrected chi connectivity index (χ0v) is 8.38. The molecule has 0 aromatic rings. The molecular weight excluding hydrogens is 177 g/mol. The van der Waals surface area contributed by atoms with Gasteiger partial charge in [0.25, 0.3) is 0 Å². The minimum atomic E-state index is 0.875. The van der Waals surface area contributed by atoms with Crippen LogP contribution in [0.4, 0.5) is 0 Å². The van der Waals surface area contributed by atoms with E-state index in [0.717, 1.165) is 45.4 Å². The van der Waals surface area contributed by atoms with E-state index in [-0.39, 0.29) is 0 Å². The van der Waals surface area contributed by atoms with Gasteiger partial charge in [-0.2, -0.15) is 5.26 Å². The van der Waals surface area contributed by atoms with Crippen molar-refractivity contribution in [3.63, 3.8) is 0 Å². The summed E-state index contributed by atoms with van der Waals surface area (Å²) in [5, 5.41) is 8.63. The normalized spacial score (nSPS) is 3.00. The molecule has 24 valence electrons. The van der Waals surface area contributed by atoms with Crippen molar-refractivity contribution in [2.45, 2.75) is 0 Å². The molecule has 0 aromatic carbocycles. The summed E-state index contributed by atoms with van der Waals surface area (Å²) in [6.07, 6.45) is 0. The molecule has 0 fully saturated rings. The molecule has 0 rings (SSSR count). The van der Waals surface area contributed by atoms with Crippen LogP contribution in [0.5, 0.6) is 0 Å². The van der Waals surface area contributed by atoms with Crippen molar-refractivity contribution in [3.05, 3.63) is 0 Å². The van der Waals surface area contributed by atoms with Crippen LogP contribution < -0.4 is 0 Å². The maximum atomic E-state index is 7.18. The molecule has 0 aliphatic rings. The van der Waals surface area contributed by atoms with E-state index in [1.807, 2.05) is 0 Å². The Morgan fingerprint density at radius 3 is 1.80 bits per heavy atom. The molecule has 0 saturated heterocycles. The topological polar surface area (TPSA) is 23.8 Å². The summed E-state index contributed by atoms with van der Waals surface area (Å²) in [6.45, 7) is 3.12. The number of halogens is 1. The Morgan fingerprint density at radius 1 is 1.80 bits per heavy atom. The summed E-state index contributed by atoms with van der Waals surface area (Å²) in [5.74, 6) is 0. The molecule has 0 bridgehead atoms. The quantitative estimate of drug-likeness (QED) is 0.332. The van der Waals surface area contributed by atoms with Crippen molar-refractivity contribution in [2.75, 3.05) is 0 Å². The molecular formula is CHBrKNS. The van der Waals surface area contributed by atoms with Crippen LogP contribution in [-0.2, 0) is 0 Å². The summed E-state index contributed by atoms with van der Waals surface area (Å²) < 4.78 is 0. The van der Waals surface area contributed by atoms with Gasteiger partial charge in [0.1, 0.15) is 5.40 Å². The van der Waals surface area contributed by atoms with E-state index in [1.165, 1.54) is 5.40 Å². The van der Waals surface area contributed by atoms with Gasteiger partial charge in [-0.1, -0.05) is 12.6 Å². The van der Waals surface area contributed by atoms with E-state index in [1.54, 1.807) is 0 Å². The first-order chi connectivity index (χ1) is 2.41. The van der Waals surface area contributed by atoms with Crippen LogP contribution in [0, 0.1) is 10.7 Å². The Morgan fingerprint density at radius 2 is 1.80 bits per heavy atom. The second-order valence-corrected chi connectivity index (χ2v) is 0.300. The van der Waals surface area contributed by atoms with Crippen molar-refractivity contribution in [2.24, 2.45) is 0 Å². The van der Waals surface area contributed by atoms with Crippen LogP contribution in [0.3, 0.4) is 0 Å². The van der Waals surface area contributed by atoms with Crippen LogP contribution >= 0.6 is 19.2 Å². The second kappa shape index (κ2) is 16.7. The van der Waals surface area contributed by atoms with Gasteiger partial charge in [-0.05, 0) is 0 Å². The van der Waals surface area contributed by atoms with Crippen LogP contribution in [0.25, 0.3) is 0 Å². The van der Waals surface area contributed by atoms with Gasteiger partial charge in [-0.15, -0.1) is 0 Å². The molecule has 5 heavy (non-hydrogen) atoms. The van der Waals surface area contributed by atoms with Crippen LogP contribution in [0.15, 0.2) is 0 Å². The molecule has 0 atom stereocenters. The standard InChI is InChI=1S/CHNS.BrH.K/c2-1-3;;/h3H;1H;/q;;+1/p-1. The first kappa shape index (κ1) is 10.0. The number of thiocyanates is 1. The number of thiol groups is 1. The molecule has 0 saturated carbocycles. The number of nitriles is 1. The molecule has 0 N–H and O–H groups in total. The summed E-state index contributed by atoms with van der Waals surface area (Å²) in [5.41, 5.74) is 0. The summed E-state index contributed by atoms with van der Waals surface area (Å²) >= 11 is 3.97. The Hall–Kier alpha value is 1.96. The van der Waals surface area contributed by atoms with E-state index in [4.69, 9.17) is 5.26 Å². The van der Waals surface area contributed by atoms with Crippen LogP contribution in [-0.4, -0.2) is 45.4 Å². The molecule has 0 unspecified atom stereocenters. The van der Waals surface area contributed by atoms with Crippen molar-refractivity contribution in [1.82, 2.24) is 0 Å². The number of hydrogen-bond donors (Lipinski definition) is 1. The first-order valence-electron chi connectivity index (χ1n) is 0.825. The first-order valence-corrected chi connectivity index (χ1v) is 8.99. The molecule has 0 radical (unpaired) electrons. The van der Waals surface area contributed by atoms with Crippen molar-refractivity contribution in [1.29, 1.82) is 5.26 Å². The monoisotopic (exact) mass is 177 g/mol. The molecule has 0 aliphatic carbocycles. The average molecular weight is 178 g/mol. The van der Waals surface area contributed by atoms with E-state index in [9.17, 15) is 0 Å². The van der Waals surface area contributed by atoms with Gasteiger partial charge in [0.2, 0.25) is 0 Å². The fourth-order valence-electron chi connectivity index (χ4n) is 0. The molecule has 0 amide bonds. The SMILES string of the molecule is N#CS.[K][Br]. The van der Waals surface area contributed by atoms with Crippen molar-refractivity contribution in [3.8, 4) is 5.40 Å². The maximum absolute atomic E-state index is 7.18. The van der Waals surface area contributed by atoms with Gasteiger partial charge in [-0.25, -0.2) is 0 Å². The fraction of sp³-hybridized carbons (Fsp3) is 0. The Labute approximate surface area is 73.4 Å². The Balaban J connectivity index is 0. The third kappa shape index (κ3) is 24.4. The summed E-state index contributed by atoms with van der Waals surface area (Å²) in [6, 6.07) is 0. The van der Waals surface area contributed by atoms with Gasteiger partial charge < -0.3 is 0 Å². The summed E-state index contributed by atoms with van der Waals surface area (Å²) in [4.78, 5) is 0. The van der Waals surface area contributed by atoms with E-state index >= 15 is 0 Å². The van der Waals surface area contributed by atoms with Gasteiger partial charge in [0, 0.05) is 0 Å². The number of rotatable bonds is 0. The zero-order chi connectivity index (χ0) is 4.71. The van der Waals surface area contributed by atoms with Gasteiger partial charge in [0.15, 0.2) is 0 Å². The molecule has 0 heterocycles. The Bertz CT molecular complexity index is 33.1. The van der Waals surface area contributed by atoms with Gasteiger partial charge in [0.05, 0.1) is 0 Å². The predicted octanol–water partition coefficient (Wildman–Crippen LogP) is 0.862. The molecule has 0 aromatic heterocycles. The minimum absolute atomic E-state index is 0.875. The molecule has 0 aliphatic heterocycles. The molecule has 4 heteroatoms. The third-order valence-corrected chi connectivity index (χ3v) is 0. The second-order valence-electron chi connectivity index (χ2n) is 0.100. The van der Waals surface area contributed by atoms with Crippen molar-refractivity contribution < 1.29 is 0 Å². The average Bonchev–Trinajstić information content (AvgIpc) is 1.46. The number of hydrogen-bond acceptors (Lipinski definition) is 2. The molecule has 0 spiro atoms. The Kier molecular flexibility index (Phi) is 33.6. The summed E-state index contributed by atoms with van der Waals surface area (Å²) in [7, 11) is 0. The van der Waals surface area contributed by atoms with Crippen LogP contribution in [0.1, 0.15) is 0 Å². The number of nitrogens with zero attached hydrogens (tertiary/aromatic N) is 1. The van der Waals surface area contributed by atoms with Gasteiger partial charge >= 0.3 is 52.0 Å². The zero-order valence-electron chi connectivity index (χ0n) is 2.77. The van der Waals surface area contributed by atoms with Crippen molar-refractivity contribution >= 4 is 64.6 Å². The van der Waals surface area contributed by atoms with Crippen LogP contribution in [0.2, 0.25) is 0 Å². The van der Waals surface area contributed by atoms with E-state index in [0.29, 0.717) is 0 Å². The fourth-order valence-corrected chi connectivity index (χ4v) is 0. The van der Waals surface area contributed by atoms with E-state index < -0.39 is 0 Å². The van der Waals surface area contributed by atoms with E-state index in [2.05, 4.69) is 19.2 Å². The molecule has 1 nitrogen and oxygen atoms in total. The van der Waals surface area contributed by atoms with Gasteiger partial charge in [-0.3, -0.25) is 0 Å². The predicted molar refractivity (Wildman–Crippen MR) is 29.3 cm³/mol. The third-order valence-electron chi connectivity index (χ3n) is 0.